The molecule has 0 spiro atoms. The topological polar surface area (TPSA) is 85.2 Å². The van der Waals surface area contributed by atoms with Crippen LogP contribution in [-0.4, -0.2) is 17.4 Å². The van der Waals surface area contributed by atoms with Crippen molar-refractivity contribution in [1.29, 1.82) is 0 Å². The van der Waals surface area contributed by atoms with Crippen molar-refractivity contribution in [1.82, 2.24) is 4.98 Å². The highest BCUT2D eigenvalue weighted by Gasteiger charge is 2.14. The summed E-state index contributed by atoms with van der Waals surface area (Å²) in [6.45, 7) is 2.46. The summed E-state index contributed by atoms with van der Waals surface area (Å²) < 4.78 is 13.0. The van der Waals surface area contributed by atoms with Crippen LogP contribution in [-0.2, 0) is 0 Å². The van der Waals surface area contributed by atoms with Crippen LogP contribution in [0.2, 0.25) is 0 Å². The number of anilines is 3. The molecule has 1 aromatic carbocycles. The second kappa shape index (κ2) is 5.56. The Labute approximate surface area is 116 Å². The fourth-order valence-electron chi connectivity index (χ4n) is 1.89. The maximum Gasteiger partial charge on any atom is 0.267 e. The third kappa shape index (κ3) is 2.69. The van der Waals surface area contributed by atoms with Gasteiger partial charge in [0.05, 0.1) is 5.69 Å². The highest BCUT2D eigenvalue weighted by atomic mass is 19.1. The normalized spacial score (nSPS) is 10.3. The largest absolute Gasteiger partial charge is 0.396 e. The number of amides is 1. The summed E-state index contributed by atoms with van der Waals surface area (Å²) in [6, 6.07) is 9.00. The molecule has 0 fully saturated rings. The van der Waals surface area contributed by atoms with E-state index in [0.717, 1.165) is 5.69 Å². The van der Waals surface area contributed by atoms with Crippen LogP contribution in [0.5, 0.6) is 0 Å². The number of primary amides is 1. The van der Waals surface area contributed by atoms with E-state index in [0.29, 0.717) is 18.1 Å². The van der Waals surface area contributed by atoms with E-state index in [1.54, 1.807) is 23.1 Å². The lowest BCUT2D eigenvalue weighted by molar-refractivity contribution is 0.0995. The molecular formula is C14H15FN4O. The molecule has 0 bridgehead atoms. The van der Waals surface area contributed by atoms with Crippen molar-refractivity contribution in [2.75, 3.05) is 17.2 Å². The van der Waals surface area contributed by atoms with Gasteiger partial charge >= 0.3 is 0 Å². The van der Waals surface area contributed by atoms with E-state index in [-0.39, 0.29) is 11.5 Å². The maximum atomic E-state index is 13.0. The first kappa shape index (κ1) is 13.8. The molecule has 0 radical (unpaired) electrons. The third-order valence-corrected chi connectivity index (χ3v) is 2.87. The van der Waals surface area contributed by atoms with Gasteiger partial charge in [0.1, 0.15) is 11.5 Å². The van der Waals surface area contributed by atoms with E-state index >= 15 is 0 Å². The molecule has 4 N–H and O–H groups in total. The summed E-state index contributed by atoms with van der Waals surface area (Å²) in [4.78, 5) is 17.2. The van der Waals surface area contributed by atoms with Gasteiger partial charge in [0.2, 0.25) is 0 Å². The second-order valence-corrected chi connectivity index (χ2v) is 4.19. The molecule has 0 atom stereocenters. The Hall–Kier alpha value is -2.63. The summed E-state index contributed by atoms with van der Waals surface area (Å²) in [5, 5.41) is 0. The molecule has 0 saturated carbocycles. The van der Waals surface area contributed by atoms with Gasteiger partial charge in [-0.25, -0.2) is 9.37 Å². The zero-order valence-corrected chi connectivity index (χ0v) is 11.0. The highest BCUT2D eigenvalue weighted by molar-refractivity contribution is 5.92. The molecule has 0 aliphatic heterocycles. The summed E-state index contributed by atoms with van der Waals surface area (Å²) >= 11 is 0. The minimum absolute atomic E-state index is 0.134. The fraction of sp³-hybridized carbons (Fsp3) is 0.143. The minimum atomic E-state index is -0.624. The van der Waals surface area contributed by atoms with Gasteiger partial charge in [-0.2, -0.15) is 0 Å². The van der Waals surface area contributed by atoms with Crippen LogP contribution < -0.4 is 16.4 Å². The number of rotatable bonds is 4. The number of hydrogen-bond acceptors (Lipinski definition) is 4. The van der Waals surface area contributed by atoms with E-state index in [9.17, 15) is 9.18 Å². The number of carbonyl (C=O) groups is 1. The first-order valence-corrected chi connectivity index (χ1v) is 6.12. The van der Waals surface area contributed by atoms with Gasteiger partial charge < -0.3 is 16.4 Å². The third-order valence-electron chi connectivity index (χ3n) is 2.87. The number of hydrogen-bond donors (Lipinski definition) is 2. The minimum Gasteiger partial charge on any atom is -0.396 e. The number of pyridine rings is 1. The molecular weight excluding hydrogens is 259 g/mol. The summed E-state index contributed by atoms with van der Waals surface area (Å²) in [5.41, 5.74) is 12.4. The number of nitrogens with zero attached hydrogens (tertiary/aromatic N) is 2. The number of nitrogens with two attached hydrogens (primary N) is 2. The molecule has 1 heterocycles. The zero-order valence-electron chi connectivity index (χ0n) is 11.0. The average Bonchev–Trinajstić information content (AvgIpc) is 2.43. The Kier molecular flexibility index (Phi) is 3.84. The predicted octanol–water partition coefficient (Wildman–Crippen LogP) is 2.06. The van der Waals surface area contributed by atoms with Gasteiger partial charge in [0.15, 0.2) is 5.82 Å². The number of benzene rings is 1. The molecule has 6 heteroatoms. The second-order valence-electron chi connectivity index (χ2n) is 4.19. The quantitative estimate of drug-likeness (QED) is 0.893. The summed E-state index contributed by atoms with van der Waals surface area (Å²) in [7, 11) is 0. The van der Waals surface area contributed by atoms with Crippen LogP contribution in [0.4, 0.5) is 21.6 Å². The Morgan fingerprint density at radius 2 is 1.90 bits per heavy atom. The molecule has 1 amide bonds. The lowest BCUT2D eigenvalue weighted by Gasteiger charge is -2.23. The van der Waals surface area contributed by atoms with Gasteiger partial charge in [0.25, 0.3) is 5.91 Å². The van der Waals surface area contributed by atoms with Gasteiger partial charge in [-0.3, -0.25) is 4.79 Å². The van der Waals surface area contributed by atoms with Gasteiger partial charge in [0, 0.05) is 12.2 Å². The van der Waals surface area contributed by atoms with Crippen molar-refractivity contribution >= 4 is 23.1 Å². The lowest BCUT2D eigenvalue weighted by atomic mass is 10.2. The first-order chi connectivity index (χ1) is 9.52. The molecule has 104 valence electrons. The van der Waals surface area contributed by atoms with E-state index in [4.69, 9.17) is 11.5 Å². The predicted molar refractivity (Wildman–Crippen MR) is 76.2 cm³/mol. The monoisotopic (exact) mass is 274 g/mol. The smallest absolute Gasteiger partial charge is 0.267 e. The molecule has 0 aliphatic carbocycles. The van der Waals surface area contributed by atoms with E-state index in [1.807, 2.05) is 6.92 Å². The molecule has 0 saturated heterocycles. The van der Waals surface area contributed by atoms with Crippen molar-refractivity contribution in [2.24, 2.45) is 5.73 Å². The van der Waals surface area contributed by atoms with E-state index < -0.39 is 5.91 Å². The Balaban J connectivity index is 2.48. The molecule has 0 aliphatic rings. The maximum absolute atomic E-state index is 13.0. The molecule has 20 heavy (non-hydrogen) atoms. The molecule has 1 aromatic heterocycles. The highest BCUT2D eigenvalue weighted by Crippen LogP contribution is 2.28. The Morgan fingerprint density at radius 1 is 1.25 bits per heavy atom. The van der Waals surface area contributed by atoms with Crippen molar-refractivity contribution in [3.63, 3.8) is 0 Å². The fourth-order valence-corrected chi connectivity index (χ4v) is 1.89. The van der Waals surface area contributed by atoms with Crippen LogP contribution in [0.1, 0.15) is 17.4 Å². The van der Waals surface area contributed by atoms with Crippen molar-refractivity contribution in [2.45, 2.75) is 6.92 Å². The van der Waals surface area contributed by atoms with Gasteiger partial charge in [-0.05, 0) is 43.3 Å². The van der Waals surface area contributed by atoms with Crippen molar-refractivity contribution in [3.05, 3.63) is 47.9 Å². The van der Waals surface area contributed by atoms with Crippen LogP contribution in [0, 0.1) is 5.82 Å². The number of carbonyl (C=O) groups excluding carboxylic acids is 1. The number of aromatic nitrogens is 1. The summed E-state index contributed by atoms with van der Waals surface area (Å²) in [6.07, 6.45) is 0. The average molecular weight is 274 g/mol. The van der Waals surface area contributed by atoms with Crippen LogP contribution in [0.25, 0.3) is 0 Å². The number of nitrogen functional groups attached to an aromatic ring is 1. The summed E-state index contributed by atoms with van der Waals surface area (Å²) in [5.74, 6) is -0.520. The number of halogens is 1. The first-order valence-electron chi connectivity index (χ1n) is 6.12. The molecule has 0 unspecified atom stereocenters. The van der Waals surface area contributed by atoms with Gasteiger partial charge in [-0.1, -0.05) is 0 Å². The standard InChI is InChI=1S/C14H15FN4O/c1-2-19(10-5-3-9(15)4-6-10)14-11(16)7-8-12(18-14)13(17)20/h3-8H,2,16H2,1H3,(H2,17,20). The van der Waals surface area contributed by atoms with Crippen LogP contribution in [0.3, 0.4) is 0 Å². The van der Waals surface area contributed by atoms with E-state index in [2.05, 4.69) is 4.98 Å². The van der Waals surface area contributed by atoms with Crippen LogP contribution in [0.15, 0.2) is 36.4 Å². The molecule has 2 aromatic rings. The zero-order chi connectivity index (χ0) is 14.7. The van der Waals surface area contributed by atoms with Crippen LogP contribution >= 0.6 is 0 Å². The SMILES string of the molecule is CCN(c1ccc(F)cc1)c1nc(C(N)=O)ccc1N. The Morgan fingerprint density at radius 3 is 2.45 bits per heavy atom. The van der Waals surface area contributed by atoms with Crippen molar-refractivity contribution < 1.29 is 9.18 Å². The van der Waals surface area contributed by atoms with Gasteiger partial charge in [-0.15, -0.1) is 0 Å². The molecule has 2 rings (SSSR count). The Bertz CT molecular complexity index is 628. The lowest BCUT2D eigenvalue weighted by Crippen LogP contribution is -2.21. The van der Waals surface area contributed by atoms with Crippen molar-refractivity contribution in [3.8, 4) is 0 Å². The van der Waals surface area contributed by atoms with E-state index in [1.165, 1.54) is 18.2 Å². The molecule has 5 nitrogen and oxygen atoms in total.